The molecule has 1 fully saturated rings. The van der Waals surface area contributed by atoms with Crippen molar-refractivity contribution < 1.29 is 9.21 Å². The monoisotopic (exact) mass is 208 g/mol. The van der Waals surface area contributed by atoms with Crippen molar-refractivity contribution in [1.29, 1.82) is 0 Å². The zero-order valence-electron chi connectivity index (χ0n) is 8.98. The van der Waals surface area contributed by atoms with Crippen molar-refractivity contribution in [3.63, 3.8) is 0 Å². The number of carbonyl (C=O) groups excluding carboxylic acids is 1. The largest absolute Gasteiger partial charge is 0.459 e. The predicted octanol–water partition coefficient (Wildman–Crippen LogP) is 1.06. The molecule has 0 aliphatic carbocycles. The fraction of sp³-hybridized carbons (Fsp3) is 0.545. The Balaban J connectivity index is 2.01. The van der Waals surface area contributed by atoms with E-state index < -0.39 is 0 Å². The molecule has 1 aromatic heterocycles. The summed E-state index contributed by atoms with van der Waals surface area (Å²) in [5.74, 6) is 0.454. The average Bonchev–Trinajstić information content (AvgIpc) is 2.67. The Kier molecular flexibility index (Phi) is 3.06. The summed E-state index contributed by atoms with van der Waals surface area (Å²) in [6, 6.07) is 3.47. The van der Waals surface area contributed by atoms with Gasteiger partial charge in [-0.2, -0.15) is 0 Å². The first kappa shape index (κ1) is 10.2. The van der Waals surface area contributed by atoms with Gasteiger partial charge in [0.15, 0.2) is 5.76 Å². The number of nitrogens with zero attached hydrogens (tertiary/aromatic N) is 2. The molecule has 0 unspecified atom stereocenters. The van der Waals surface area contributed by atoms with Crippen LogP contribution in [0.5, 0.6) is 0 Å². The molecule has 0 N–H and O–H groups in total. The van der Waals surface area contributed by atoms with Crippen LogP contribution in [0.2, 0.25) is 0 Å². The van der Waals surface area contributed by atoms with Crippen molar-refractivity contribution in [3.8, 4) is 0 Å². The molecule has 0 aromatic carbocycles. The first-order valence-corrected chi connectivity index (χ1v) is 5.29. The maximum absolute atomic E-state index is 11.9. The molecule has 1 aromatic rings. The van der Waals surface area contributed by atoms with Crippen LogP contribution in [0.25, 0.3) is 0 Å². The summed E-state index contributed by atoms with van der Waals surface area (Å²) in [5, 5.41) is 0. The van der Waals surface area contributed by atoms with E-state index in [2.05, 4.69) is 11.9 Å². The molecule has 0 saturated carbocycles. The summed E-state index contributed by atoms with van der Waals surface area (Å²) in [5.41, 5.74) is 0. The van der Waals surface area contributed by atoms with Crippen molar-refractivity contribution >= 4 is 5.91 Å². The highest BCUT2D eigenvalue weighted by molar-refractivity contribution is 5.91. The van der Waals surface area contributed by atoms with Crippen molar-refractivity contribution in [3.05, 3.63) is 24.2 Å². The van der Waals surface area contributed by atoms with Gasteiger partial charge in [0.25, 0.3) is 5.91 Å². The SMILES string of the molecule is CN1CCCN(C(=O)c2ccco2)CC1. The third kappa shape index (κ3) is 2.39. The van der Waals surface area contributed by atoms with Crippen LogP contribution >= 0.6 is 0 Å². The van der Waals surface area contributed by atoms with Crippen LogP contribution < -0.4 is 0 Å². The molecule has 0 atom stereocenters. The Morgan fingerprint density at radius 1 is 1.33 bits per heavy atom. The quantitative estimate of drug-likeness (QED) is 0.692. The lowest BCUT2D eigenvalue weighted by Crippen LogP contribution is -2.34. The van der Waals surface area contributed by atoms with E-state index in [-0.39, 0.29) is 5.91 Å². The molecule has 1 saturated heterocycles. The summed E-state index contributed by atoms with van der Waals surface area (Å²) in [6.45, 7) is 3.61. The number of carbonyl (C=O) groups is 1. The lowest BCUT2D eigenvalue weighted by atomic mass is 10.3. The molecule has 0 bridgehead atoms. The van der Waals surface area contributed by atoms with Crippen molar-refractivity contribution in [2.24, 2.45) is 0 Å². The minimum absolute atomic E-state index is 0.00954. The highest BCUT2D eigenvalue weighted by atomic mass is 16.3. The third-order valence-electron chi connectivity index (χ3n) is 2.74. The summed E-state index contributed by atoms with van der Waals surface area (Å²) < 4.78 is 5.11. The lowest BCUT2D eigenvalue weighted by Gasteiger charge is -2.18. The number of hydrogen-bond acceptors (Lipinski definition) is 3. The van der Waals surface area contributed by atoms with Gasteiger partial charge in [-0.1, -0.05) is 0 Å². The van der Waals surface area contributed by atoms with Gasteiger partial charge in [-0.25, -0.2) is 0 Å². The number of furan rings is 1. The number of likely N-dealkylation sites (N-methyl/N-ethyl adjacent to an activating group) is 1. The van der Waals surface area contributed by atoms with Gasteiger partial charge in [0, 0.05) is 19.6 Å². The van der Waals surface area contributed by atoms with E-state index in [4.69, 9.17) is 4.42 Å². The molecule has 0 spiro atoms. The van der Waals surface area contributed by atoms with Crippen LogP contribution in [0.1, 0.15) is 17.0 Å². The van der Waals surface area contributed by atoms with Gasteiger partial charge >= 0.3 is 0 Å². The minimum atomic E-state index is 0.00954. The standard InChI is InChI=1S/C11H16N2O2/c1-12-5-3-6-13(8-7-12)11(14)10-4-2-9-15-10/h2,4,9H,3,5-8H2,1H3. The van der Waals surface area contributed by atoms with Gasteiger partial charge < -0.3 is 14.2 Å². The fourth-order valence-corrected chi connectivity index (χ4v) is 1.81. The second-order valence-corrected chi connectivity index (χ2v) is 3.93. The summed E-state index contributed by atoms with van der Waals surface area (Å²) in [7, 11) is 2.08. The van der Waals surface area contributed by atoms with Crippen LogP contribution in [-0.2, 0) is 0 Å². The van der Waals surface area contributed by atoms with E-state index in [0.717, 1.165) is 32.6 Å². The molecule has 15 heavy (non-hydrogen) atoms. The third-order valence-corrected chi connectivity index (χ3v) is 2.74. The van der Waals surface area contributed by atoms with E-state index in [1.165, 1.54) is 6.26 Å². The van der Waals surface area contributed by atoms with E-state index in [0.29, 0.717) is 5.76 Å². The average molecular weight is 208 g/mol. The highest BCUT2D eigenvalue weighted by Crippen LogP contribution is 2.08. The first-order chi connectivity index (χ1) is 7.27. The number of amides is 1. The van der Waals surface area contributed by atoms with E-state index >= 15 is 0 Å². The van der Waals surface area contributed by atoms with E-state index in [9.17, 15) is 4.79 Å². The van der Waals surface area contributed by atoms with E-state index in [1.807, 2.05) is 4.90 Å². The van der Waals surface area contributed by atoms with Gasteiger partial charge in [0.05, 0.1) is 6.26 Å². The van der Waals surface area contributed by atoms with Crippen LogP contribution in [0.15, 0.2) is 22.8 Å². The molecule has 0 radical (unpaired) electrons. The molecule has 2 rings (SSSR count). The van der Waals surface area contributed by atoms with E-state index in [1.54, 1.807) is 12.1 Å². The second-order valence-electron chi connectivity index (χ2n) is 3.93. The van der Waals surface area contributed by atoms with Gasteiger partial charge in [-0.3, -0.25) is 4.79 Å². The normalized spacial score (nSPS) is 18.9. The van der Waals surface area contributed by atoms with Crippen molar-refractivity contribution in [1.82, 2.24) is 9.80 Å². The molecule has 1 amide bonds. The van der Waals surface area contributed by atoms with Crippen molar-refractivity contribution in [2.75, 3.05) is 33.2 Å². The Morgan fingerprint density at radius 2 is 2.20 bits per heavy atom. The fourth-order valence-electron chi connectivity index (χ4n) is 1.81. The Morgan fingerprint density at radius 3 is 2.93 bits per heavy atom. The molecule has 1 aliphatic rings. The van der Waals surface area contributed by atoms with Gasteiger partial charge in [-0.05, 0) is 32.1 Å². The number of hydrogen-bond donors (Lipinski definition) is 0. The summed E-state index contributed by atoms with van der Waals surface area (Å²) in [4.78, 5) is 16.0. The Hall–Kier alpha value is -1.29. The van der Waals surface area contributed by atoms with Gasteiger partial charge in [0.2, 0.25) is 0 Å². The Labute approximate surface area is 89.5 Å². The minimum Gasteiger partial charge on any atom is -0.459 e. The molecule has 2 heterocycles. The smallest absolute Gasteiger partial charge is 0.289 e. The van der Waals surface area contributed by atoms with Crippen LogP contribution in [-0.4, -0.2) is 48.9 Å². The highest BCUT2D eigenvalue weighted by Gasteiger charge is 2.20. The molecular weight excluding hydrogens is 192 g/mol. The molecular formula is C11H16N2O2. The molecule has 4 nitrogen and oxygen atoms in total. The molecule has 82 valence electrons. The van der Waals surface area contributed by atoms with Gasteiger partial charge in [-0.15, -0.1) is 0 Å². The first-order valence-electron chi connectivity index (χ1n) is 5.29. The Bertz CT molecular complexity index is 321. The van der Waals surface area contributed by atoms with Crippen LogP contribution in [0.3, 0.4) is 0 Å². The van der Waals surface area contributed by atoms with Crippen molar-refractivity contribution in [2.45, 2.75) is 6.42 Å². The maximum Gasteiger partial charge on any atom is 0.289 e. The topological polar surface area (TPSA) is 36.7 Å². The molecule has 4 heteroatoms. The second kappa shape index (κ2) is 4.49. The van der Waals surface area contributed by atoms with Crippen LogP contribution in [0.4, 0.5) is 0 Å². The lowest BCUT2D eigenvalue weighted by molar-refractivity contribution is 0.0731. The van der Waals surface area contributed by atoms with Crippen LogP contribution in [0, 0.1) is 0 Å². The van der Waals surface area contributed by atoms with Gasteiger partial charge in [0.1, 0.15) is 0 Å². The zero-order chi connectivity index (χ0) is 10.7. The predicted molar refractivity (Wildman–Crippen MR) is 56.7 cm³/mol. The zero-order valence-corrected chi connectivity index (χ0v) is 8.98. The maximum atomic E-state index is 11.9. The molecule has 1 aliphatic heterocycles. The summed E-state index contributed by atoms with van der Waals surface area (Å²) in [6.07, 6.45) is 2.57. The summed E-state index contributed by atoms with van der Waals surface area (Å²) >= 11 is 0. The number of rotatable bonds is 1.